The van der Waals surface area contributed by atoms with Crippen LogP contribution in [0, 0.1) is 5.41 Å². The molecule has 3 heteroatoms. The second kappa shape index (κ2) is 7.94. The molecule has 0 amide bonds. The molecule has 2 unspecified atom stereocenters. The molecule has 1 N–H and O–H groups in total. The first-order chi connectivity index (χ1) is 10.1. The van der Waals surface area contributed by atoms with Crippen LogP contribution in [0.1, 0.15) is 66.2 Å². The van der Waals surface area contributed by atoms with Crippen LogP contribution in [0.25, 0.3) is 0 Å². The Bertz CT molecular complexity index is 292. The van der Waals surface area contributed by atoms with E-state index < -0.39 is 0 Å². The minimum Gasteiger partial charge on any atom is -0.372 e. The molecule has 2 saturated heterocycles. The van der Waals surface area contributed by atoms with Crippen LogP contribution in [0.2, 0.25) is 0 Å². The lowest BCUT2D eigenvalue weighted by molar-refractivity contribution is 0.00589. The van der Waals surface area contributed by atoms with Crippen LogP contribution in [0.3, 0.4) is 0 Å². The molecule has 0 aromatic heterocycles. The highest BCUT2D eigenvalue weighted by Crippen LogP contribution is 2.38. The van der Waals surface area contributed by atoms with E-state index in [1.807, 2.05) is 0 Å². The normalized spacial score (nSPS) is 30.1. The summed E-state index contributed by atoms with van der Waals surface area (Å²) in [5.41, 5.74) is 0.636. The Kier molecular flexibility index (Phi) is 6.51. The van der Waals surface area contributed by atoms with Gasteiger partial charge in [0.25, 0.3) is 0 Å². The molecule has 0 aromatic rings. The highest BCUT2D eigenvalue weighted by atomic mass is 16.5. The van der Waals surface area contributed by atoms with Crippen LogP contribution in [0.4, 0.5) is 0 Å². The smallest absolute Gasteiger partial charge is 0.0707 e. The SMILES string of the molecule is CCC1(CC)CCN(CC2CCC(CNC(C)C)O2)CC1. The van der Waals surface area contributed by atoms with Gasteiger partial charge in [-0.15, -0.1) is 0 Å². The molecule has 2 atom stereocenters. The van der Waals surface area contributed by atoms with Gasteiger partial charge in [-0.1, -0.05) is 40.5 Å². The number of hydrogen-bond donors (Lipinski definition) is 1. The van der Waals surface area contributed by atoms with E-state index >= 15 is 0 Å². The molecule has 0 aliphatic carbocycles. The Labute approximate surface area is 131 Å². The van der Waals surface area contributed by atoms with E-state index in [1.54, 1.807) is 0 Å². The Balaban J connectivity index is 1.68. The van der Waals surface area contributed by atoms with Crippen LogP contribution in [-0.2, 0) is 4.74 Å². The van der Waals surface area contributed by atoms with Gasteiger partial charge in [-0.3, -0.25) is 0 Å². The Morgan fingerprint density at radius 3 is 2.29 bits per heavy atom. The first kappa shape index (κ1) is 17.2. The summed E-state index contributed by atoms with van der Waals surface area (Å²) in [5.74, 6) is 0. The maximum Gasteiger partial charge on any atom is 0.0707 e. The topological polar surface area (TPSA) is 24.5 Å². The third kappa shape index (κ3) is 4.94. The van der Waals surface area contributed by atoms with Gasteiger partial charge in [0.2, 0.25) is 0 Å². The molecular weight excluding hydrogens is 260 g/mol. The molecule has 0 bridgehead atoms. The monoisotopic (exact) mass is 296 g/mol. The molecule has 3 nitrogen and oxygen atoms in total. The number of ether oxygens (including phenoxy) is 1. The summed E-state index contributed by atoms with van der Waals surface area (Å²) in [4.78, 5) is 2.65. The first-order valence-electron chi connectivity index (χ1n) is 9.18. The molecular formula is C18H36N2O. The summed E-state index contributed by atoms with van der Waals surface area (Å²) in [6, 6.07) is 0.561. The molecule has 2 rings (SSSR count). The van der Waals surface area contributed by atoms with Gasteiger partial charge in [0.05, 0.1) is 12.2 Å². The number of nitrogens with one attached hydrogen (secondary N) is 1. The molecule has 0 saturated carbocycles. The summed E-state index contributed by atoms with van der Waals surface area (Å²) in [5, 5.41) is 3.50. The third-order valence-corrected chi connectivity index (χ3v) is 5.83. The number of likely N-dealkylation sites (tertiary alicyclic amines) is 1. The summed E-state index contributed by atoms with van der Waals surface area (Å²) < 4.78 is 6.22. The lowest BCUT2D eigenvalue weighted by Gasteiger charge is -2.41. The number of nitrogens with zero attached hydrogens (tertiary/aromatic N) is 1. The van der Waals surface area contributed by atoms with Crippen molar-refractivity contribution in [3.63, 3.8) is 0 Å². The number of hydrogen-bond acceptors (Lipinski definition) is 3. The van der Waals surface area contributed by atoms with Gasteiger partial charge in [-0.25, -0.2) is 0 Å². The van der Waals surface area contributed by atoms with Gasteiger partial charge in [0, 0.05) is 19.1 Å². The average molecular weight is 296 g/mol. The van der Waals surface area contributed by atoms with Gasteiger partial charge < -0.3 is 15.0 Å². The summed E-state index contributed by atoms with van der Waals surface area (Å²) in [7, 11) is 0. The quantitative estimate of drug-likeness (QED) is 0.779. The zero-order valence-electron chi connectivity index (χ0n) is 14.7. The molecule has 21 heavy (non-hydrogen) atoms. The van der Waals surface area contributed by atoms with E-state index in [1.165, 1.54) is 51.6 Å². The van der Waals surface area contributed by atoms with Crippen molar-refractivity contribution in [2.45, 2.75) is 84.5 Å². The highest BCUT2D eigenvalue weighted by Gasteiger charge is 2.33. The molecule has 0 radical (unpaired) electrons. The first-order valence-corrected chi connectivity index (χ1v) is 9.18. The molecule has 2 fully saturated rings. The molecule has 0 spiro atoms. The lowest BCUT2D eigenvalue weighted by atomic mass is 9.74. The van der Waals surface area contributed by atoms with Crippen molar-refractivity contribution in [1.82, 2.24) is 10.2 Å². The van der Waals surface area contributed by atoms with Gasteiger partial charge in [-0.2, -0.15) is 0 Å². The predicted octanol–water partition coefficient (Wildman–Crippen LogP) is 3.43. The largest absolute Gasteiger partial charge is 0.372 e. The predicted molar refractivity (Wildman–Crippen MR) is 89.7 cm³/mol. The molecule has 2 heterocycles. The molecule has 0 aromatic carbocycles. The van der Waals surface area contributed by atoms with Gasteiger partial charge in [0.15, 0.2) is 0 Å². The molecule has 2 aliphatic rings. The Morgan fingerprint density at radius 2 is 1.71 bits per heavy atom. The molecule has 2 aliphatic heterocycles. The number of piperidine rings is 1. The fourth-order valence-corrected chi connectivity index (χ4v) is 3.89. The standard InChI is InChI=1S/C18H36N2O/c1-5-18(6-2)9-11-20(12-10-18)14-17-8-7-16(21-17)13-19-15(3)4/h15-17,19H,5-14H2,1-4H3. The van der Waals surface area contributed by atoms with E-state index in [2.05, 4.69) is 37.9 Å². The lowest BCUT2D eigenvalue weighted by Crippen LogP contribution is -2.43. The third-order valence-electron chi connectivity index (χ3n) is 5.83. The van der Waals surface area contributed by atoms with Gasteiger partial charge in [0.1, 0.15) is 0 Å². The Hall–Kier alpha value is -0.120. The van der Waals surface area contributed by atoms with E-state index in [4.69, 9.17) is 4.74 Å². The van der Waals surface area contributed by atoms with Crippen molar-refractivity contribution in [3.8, 4) is 0 Å². The van der Waals surface area contributed by atoms with Crippen LogP contribution < -0.4 is 5.32 Å². The van der Waals surface area contributed by atoms with Gasteiger partial charge >= 0.3 is 0 Å². The van der Waals surface area contributed by atoms with Crippen LogP contribution in [-0.4, -0.2) is 49.3 Å². The van der Waals surface area contributed by atoms with Crippen molar-refractivity contribution in [2.24, 2.45) is 5.41 Å². The maximum absolute atomic E-state index is 6.22. The summed E-state index contributed by atoms with van der Waals surface area (Å²) in [6.07, 6.45) is 8.84. The summed E-state index contributed by atoms with van der Waals surface area (Å²) >= 11 is 0. The Morgan fingerprint density at radius 1 is 1.10 bits per heavy atom. The van der Waals surface area contributed by atoms with Crippen molar-refractivity contribution >= 4 is 0 Å². The second-order valence-electron chi connectivity index (χ2n) is 7.53. The van der Waals surface area contributed by atoms with E-state index in [-0.39, 0.29) is 0 Å². The fourth-order valence-electron chi connectivity index (χ4n) is 3.89. The van der Waals surface area contributed by atoms with E-state index in [9.17, 15) is 0 Å². The minimum absolute atomic E-state index is 0.438. The zero-order chi connectivity index (χ0) is 15.3. The molecule has 124 valence electrons. The van der Waals surface area contributed by atoms with Crippen LogP contribution in [0.5, 0.6) is 0 Å². The van der Waals surface area contributed by atoms with Gasteiger partial charge in [-0.05, 0) is 44.2 Å². The highest BCUT2D eigenvalue weighted by molar-refractivity contribution is 4.86. The average Bonchev–Trinajstić information content (AvgIpc) is 2.94. The maximum atomic E-state index is 6.22. The summed E-state index contributed by atoms with van der Waals surface area (Å²) in [6.45, 7) is 13.9. The van der Waals surface area contributed by atoms with Crippen molar-refractivity contribution in [2.75, 3.05) is 26.2 Å². The fraction of sp³-hybridized carbons (Fsp3) is 1.00. The van der Waals surface area contributed by atoms with E-state index in [0.29, 0.717) is 23.7 Å². The van der Waals surface area contributed by atoms with Crippen molar-refractivity contribution < 1.29 is 4.74 Å². The minimum atomic E-state index is 0.438. The zero-order valence-corrected chi connectivity index (χ0v) is 14.7. The second-order valence-corrected chi connectivity index (χ2v) is 7.53. The number of rotatable bonds is 7. The van der Waals surface area contributed by atoms with E-state index in [0.717, 1.165) is 13.1 Å². The van der Waals surface area contributed by atoms with Crippen molar-refractivity contribution in [1.29, 1.82) is 0 Å². The van der Waals surface area contributed by atoms with Crippen LogP contribution >= 0.6 is 0 Å². The van der Waals surface area contributed by atoms with Crippen molar-refractivity contribution in [3.05, 3.63) is 0 Å². The van der Waals surface area contributed by atoms with Crippen LogP contribution in [0.15, 0.2) is 0 Å².